The molecule has 0 unspecified atom stereocenters. The van der Waals surface area contributed by atoms with E-state index >= 15 is 0 Å². The van der Waals surface area contributed by atoms with E-state index in [0.29, 0.717) is 18.7 Å². The molecule has 1 amide bonds. The zero-order chi connectivity index (χ0) is 15.2. The van der Waals surface area contributed by atoms with Gasteiger partial charge in [-0.15, -0.1) is 0 Å². The lowest BCUT2D eigenvalue weighted by Crippen LogP contribution is -2.46. The van der Waals surface area contributed by atoms with Gasteiger partial charge in [0.1, 0.15) is 5.82 Å². The third-order valence-electron chi connectivity index (χ3n) is 3.69. The molecule has 0 bridgehead atoms. The van der Waals surface area contributed by atoms with Crippen LogP contribution in [-0.4, -0.2) is 37.5 Å². The Balaban J connectivity index is 1.91. The normalized spacial score (nSPS) is 18.8. The lowest BCUT2D eigenvalue weighted by atomic mass is 10.0. The number of carbonyl (C=O) groups is 1. The second-order valence-electron chi connectivity index (χ2n) is 5.88. The highest BCUT2D eigenvalue weighted by Crippen LogP contribution is 2.13. The number of rotatable bonds is 5. The van der Waals surface area contributed by atoms with Gasteiger partial charge in [-0.2, -0.15) is 0 Å². The van der Waals surface area contributed by atoms with Crippen molar-refractivity contribution in [1.29, 1.82) is 0 Å². The molecule has 5 heteroatoms. The molecule has 2 rings (SSSR count). The average molecular weight is 293 g/mol. The number of carbonyl (C=O) groups excluding carboxylic acids is 1. The van der Waals surface area contributed by atoms with Crippen LogP contribution in [-0.2, 0) is 17.9 Å². The van der Waals surface area contributed by atoms with Crippen molar-refractivity contribution in [2.75, 3.05) is 20.6 Å². The van der Waals surface area contributed by atoms with Crippen molar-refractivity contribution in [1.82, 2.24) is 15.5 Å². The first-order valence-corrected chi connectivity index (χ1v) is 7.49. The number of nitrogens with zero attached hydrogens (tertiary/aromatic N) is 1. The van der Waals surface area contributed by atoms with Crippen molar-refractivity contribution in [3.63, 3.8) is 0 Å². The molecule has 1 atom stereocenters. The summed E-state index contributed by atoms with van der Waals surface area (Å²) in [5, 5.41) is 6.15. The molecule has 0 aromatic heterocycles. The molecule has 1 aromatic carbocycles. The molecule has 0 saturated carbocycles. The van der Waals surface area contributed by atoms with Gasteiger partial charge in [-0.05, 0) is 51.2 Å². The third-order valence-corrected chi connectivity index (χ3v) is 3.69. The van der Waals surface area contributed by atoms with E-state index in [-0.39, 0.29) is 17.8 Å². The van der Waals surface area contributed by atoms with Crippen LogP contribution in [0.4, 0.5) is 4.39 Å². The fourth-order valence-corrected chi connectivity index (χ4v) is 2.59. The summed E-state index contributed by atoms with van der Waals surface area (Å²) >= 11 is 0. The number of amides is 1. The second kappa shape index (κ2) is 7.52. The van der Waals surface area contributed by atoms with Crippen LogP contribution < -0.4 is 10.6 Å². The zero-order valence-electron chi connectivity index (χ0n) is 12.8. The summed E-state index contributed by atoms with van der Waals surface area (Å²) in [6, 6.07) is 4.94. The predicted molar refractivity (Wildman–Crippen MR) is 81.3 cm³/mol. The summed E-state index contributed by atoms with van der Waals surface area (Å²) in [4.78, 5) is 14.0. The van der Waals surface area contributed by atoms with Crippen molar-refractivity contribution in [3.8, 4) is 0 Å². The molecular formula is C16H24FN3O. The van der Waals surface area contributed by atoms with Crippen molar-refractivity contribution >= 4 is 5.91 Å². The Morgan fingerprint density at radius 1 is 1.43 bits per heavy atom. The summed E-state index contributed by atoms with van der Waals surface area (Å²) in [5.74, 6) is -0.166. The summed E-state index contributed by atoms with van der Waals surface area (Å²) in [7, 11) is 3.81. The Kier molecular flexibility index (Phi) is 5.70. The summed E-state index contributed by atoms with van der Waals surface area (Å²) in [5.41, 5.74) is 1.58. The number of halogens is 1. The highest BCUT2D eigenvalue weighted by molar-refractivity contribution is 5.81. The Morgan fingerprint density at radius 2 is 2.24 bits per heavy atom. The smallest absolute Gasteiger partial charge is 0.237 e. The quantitative estimate of drug-likeness (QED) is 0.867. The number of hydrogen-bond donors (Lipinski definition) is 2. The van der Waals surface area contributed by atoms with Crippen LogP contribution in [0.25, 0.3) is 0 Å². The van der Waals surface area contributed by atoms with Crippen LogP contribution in [0.3, 0.4) is 0 Å². The SMILES string of the molecule is CN(C)Cc1cc(CNC(=O)[C@H]2CCCCN2)ccc1F. The van der Waals surface area contributed by atoms with Crippen LogP contribution in [0.2, 0.25) is 0 Å². The lowest BCUT2D eigenvalue weighted by molar-refractivity contribution is -0.123. The monoisotopic (exact) mass is 293 g/mol. The van der Waals surface area contributed by atoms with Gasteiger partial charge in [0.2, 0.25) is 5.91 Å². The van der Waals surface area contributed by atoms with E-state index in [1.165, 1.54) is 6.07 Å². The molecule has 0 spiro atoms. The minimum atomic E-state index is -0.201. The zero-order valence-corrected chi connectivity index (χ0v) is 12.8. The number of hydrogen-bond acceptors (Lipinski definition) is 3. The van der Waals surface area contributed by atoms with Gasteiger partial charge in [-0.3, -0.25) is 4.79 Å². The van der Waals surface area contributed by atoms with Gasteiger partial charge in [-0.25, -0.2) is 4.39 Å². The maximum atomic E-state index is 13.7. The van der Waals surface area contributed by atoms with Gasteiger partial charge in [0.05, 0.1) is 6.04 Å². The Hall–Kier alpha value is -1.46. The van der Waals surface area contributed by atoms with Gasteiger partial charge < -0.3 is 15.5 Å². The molecular weight excluding hydrogens is 269 g/mol. The standard InChI is InChI=1S/C16H24FN3O/c1-20(2)11-13-9-12(6-7-14(13)17)10-19-16(21)15-5-3-4-8-18-15/h6-7,9,15,18H,3-5,8,10-11H2,1-2H3,(H,19,21)/t15-/m1/s1. The summed E-state index contributed by atoms with van der Waals surface area (Å²) in [6.07, 6.45) is 3.12. The van der Waals surface area contributed by atoms with Gasteiger partial charge >= 0.3 is 0 Å². The van der Waals surface area contributed by atoms with Crippen LogP contribution >= 0.6 is 0 Å². The molecule has 2 N–H and O–H groups in total. The lowest BCUT2D eigenvalue weighted by Gasteiger charge is -2.22. The van der Waals surface area contributed by atoms with Crippen LogP contribution in [0.15, 0.2) is 18.2 Å². The highest BCUT2D eigenvalue weighted by atomic mass is 19.1. The predicted octanol–water partition coefficient (Wildman–Crippen LogP) is 1.65. The fourth-order valence-electron chi connectivity index (χ4n) is 2.59. The molecule has 21 heavy (non-hydrogen) atoms. The molecule has 1 aliphatic heterocycles. The van der Waals surface area contributed by atoms with Crippen molar-refractivity contribution in [3.05, 3.63) is 35.1 Å². The molecule has 0 radical (unpaired) electrons. The highest BCUT2D eigenvalue weighted by Gasteiger charge is 2.19. The summed E-state index contributed by atoms with van der Waals surface area (Å²) < 4.78 is 13.7. The van der Waals surface area contributed by atoms with Crippen LogP contribution in [0, 0.1) is 5.82 Å². The average Bonchev–Trinajstić information content (AvgIpc) is 2.48. The first kappa shape index (κ1) is 15.9. The van der Waals surface area contributed by atoms with E-state index in [2.05, 4.69) is 10.6 Å². The van der Waals surface area contributed by atoms with Crippen molar-refractivity contribution < 1.29 is 9.18 Å². The number of piperidine rings is 1. The van der Waals surface area contributed by atoms with Crippen molar-refractivity contribution in [2.24, 2.45) is 0 Å². The van der Waals surface area contributed by atoms with Crippen LogP contribution in [0.5, 0.6) is 0 Å². The molecule has 4 nitrogen and oxygen atoms in total. The maximum Gasteiger partial charge on any atom is 0.237 e. The Morgan fingerprint density at radius 3 is 2.90 bits per heavy atom. The minimum Gasteiger partial charge on any atom is -0.351 e. The number of benzene rings is 1. The van der Waals surface area contributed by atoms with Gasteiger partial charge in [0.25, 0.3) is 0 Å². The Labute approximate surface area is 125 Å². The van der Waals surface area contributed by atoms with E-state index in [4.69, 9.17) is 0 Å². The van der Waals surface area contributed by atoms with Gasteiger partial charge in [0.15, 0.2) is 0 Å². The molecule has 1 aromatic rings. The maximum absolute atomic E-state index is 13.7. The molecule has 0 aliphatic carbocycles. The van der Waals surface area contributed by atoms with Crippen molar-refractivity contribution in [2.45, 2.75) is 38.4 Å². The molecule has 1 heterocycles. The topological polar surface area (TPSA) is 44.4 Å². The van der Waals surface area contributed by atoms with E-state index in [1.807, 2.05) is 25.1 Å². The van der Waals surface area contributed by atoms with Gasteiger partial charge in [-0.1, -0.05) is 12.5 Å². The second-order valence-corrected chi connectivity index (χ2v) is 5.88. The minimum absolute atomic E-state index is 0.0354. The Bertz CT molecular complexity index is 484. The van der Waals surface area contributed by atoms with E-state index in [1.54, 1.807) is 6.07 Å². The third kappa shape index (κ3) is 4.79. The number of nitrogens with one attached hydrogen (secondary N) is 2. The summed E-state index contributed by atoms with van der Waals surface area (Å²) in [6.45, 7) is 1.90. The molecule has 116 valence electrons. The largest absolute Gasteiger partial charge is 0.351 e. The fraction of sp³-hybridized carbons (Fsp3) is 0.562. The molecule has 1 aliphatic rings. The van der Waals surface area contributed by atoms with Gasteiger partial charge in [0, 0.05) is 18.7 Å². The van der Waals surface area contributed by atoms with E-state index < -0.39 is 0 Å². The van der Waals surface area contributed by atoms with E-state index in [9.17, 15) is 9.18 Å². The molecule has 1 fully saturated rings. The molecule has 1 saturated heterocycles. The van der Waals surface area contributed by atoms with Crippen LogP contribution in [0.1, 0.15) is 30.4 Å². The first-order valence-electron chi connectivity index (χ1n) is 7.49. The van der Waals surface area contributed by atoms with E-state index in [0.717, 1.165) is 31.4 Å². The first-order chi connectivity index (χ1) is 10.1.